The number of nitrogens with one attached hydrogen (secondary N) is 1. The number of nitriles is 1. The third-order valence-electron chi connectivity index (χ3n) is 2.61. The van der Waals surface area contributed by atoms with E-state index >= 15 is 0 Å². The molecule has 0 spiro atoms. The summed E-state index contributed by atoms with van der Waals surface area (Å²) in [5, 5.41) is 28.1. The van der Waals surface area contributed by atoms with Crippen molar-refractivity contribution in [2.75, 3.05) is 7.05 Å². The summed E-state index contributed by atoms with van der Waals surface area (Å²) in [6, 6.07) is -0.374. The van der Waals surface area contributed by atoms with Gasteiger partial charge in [-0.1, -0.05) is 0 Å². The van der Waals surface area contributed by atoms with Crippen LogP contribution in [0.25, 0.3) is 0 Å². The first-order valence-electron chi connectivity index (χ1n) is 5.64. The Morgan fingerprint density at radius 1 is 1.37 bits per heavy atom. The van der Waals surface area contributed by atoms with E-state index in [0.717, 1.165) is 0 Å². The topological polar surface area (TPSA) is 131 Å². The zero-order chi connectivity index (χ0) is 15.0. The van der Waals surface area contributed by atoms with Crippen molar-refractivity contribution < 1.29 is 24.6 Å². The fraction of sp³-hybridized carbons (Fsp3) is 0.636. The van der Waals surface area contributed by atoms with Crippen LogP contribution in [0.5, 0.6) is 0 Å². The van der Waals surface area contributed by atoms with Crippen molar-refractivity contribution in [3.8, 4) is 6.07 Å². The third kappa shape index (κ3) is 6.26. The molecule has 106 valence electrons. The van der Waals surface area contributed by atoms with Crippen molar-refractivity contribution in [1.82, 2.24) is 10.2 Å². The summed E-state index contributed by atoms with van der Waals surface area (Å²) >= 11 is 0. The average Bonchev–Trinajstić information content (AvgIpc) is 2.32. The smallest absolute Gasteiger partial charge is 0.326 e. The van der Waals surface area contributed by atoms with Crippen molar-refractivity contribution in [2.45, 2.75) is 38.3 Å². The van der Waals surface area contributed by atoms with Crippen molar-refractivity contribution >= 4 is 18.0 Å². The van der Waals surface area contributed by atoms with Crippen molar-refractivity contribution in [3.05, 3.63) is 0 Å². The summed E-state index contributed by atoms with van der Waals surface area (Å²) in [6.45, 7) is 1.65. The highest BCUT2D eigenvalue weighted by Gasteiger charge is 2.24. The summed E-state index contributed by atoms with van der Waals surface area (Å²) in [5.41, 5.74) is 0. The molecule has 0 bridgehead atoms. The van der Waals surface area contributed by atoms with Crippen LogP contribution < -0.4 is 5.32 Å². The van der Waals surface area contributed by atoms with Gasteiger partial charge in [0.1, 0.15) is 6.04 Å². The lowest BCUT2D eigenvalue weighted by atomic mass is 10.1. The molecule has 0 aromatic carbocycles. The van der Waals surface area contributed by atoms with Gasteiger partial charge < -0.3 is 20.4 Å². The van der Waals surface area contributed by atoms with Gasteiger partial charge in [0.2, 0.25) is 0 Å². The Balaban J connectivity index is 4.50. The Bertz CT molecular complexity index is 390. The number of carboxylic acid groups (broad SMARTS) is 2. The lowest BCUT2D eigenvalue weighted by Gasteiger charge is -2.25. The van der Waals surface area contributed by atoms with Crippen LogP contribution in [-0.4, -0.2) is 52.2 Å². The van der Waals surface area contributed by atoms with Crippen LogP contribution in [0.2, 0.25) is 0 Å². The van der Waals surface area contributed by atoms with Gasteiger partial charge in [-0.3, -0.25) is 4.79 Å². The molecule has 0 aliphatic carbocycles. The summed E-state index contributed by atoms with van der Waals surface area (Å²) in [6.07, 6.45) is -0.428. The normalized spacial score (nSPS) is 12.9. The molecule has 3 N–H and O–H groups in total. The molecule has 0 saturated carbocycles. The van der Waals surface area contributed by atoms with Gasteiger partial charge in [0, 0.05) is 19.5 Å². The van der Waals surface area contributed by atoms with E-state index in [4.69, 9.17) is 15.5 Å². The first kappa shape index (κ1) is 16.7. The molecule has 0 saturated heterocycles. The predicted octanol–water partition coefficient (Wildman–Crippen LogP) is 0.248. The Morgan fingerprint density at radius 3 is 2.37 bits per heavy atom. The number of carbonyl (C=O) groups is 3. The summed E-state index contributed by atoms with van der Waals surface area (Å²) in [4.78, 5) is 34.2. The number of nitrogens with zero attached hydrogens (tertiary/aromatic N) is 2. The molecule has 19 heavy (non-hydrogen) atoms. The molecule has 0 radical (unpaired) electrons. The van der Waals surface area contributed by atoms with E-state index in [9.17, 15) is 14.4 Å². The number of carbonyl (C=O) groups excluding carboxylic acids is 1. The van der Waals surface area contributed by atoms with Gasteiger partial charge in [-0.25, -0.2) is 9.59 Å². The molecule has 0 heterocycles. The van der Waals surface area contributed by atoms with E-state index in [0.29, 0.717) is 0 Å². The van der Waals surface area contributed by atoms with Crippen molar-refractivity contribution in [1.29, 1.82) is 5.26 Å². The average molecular weight is 271 g/mol. The number of urea groups is 1. The Hall–Kier alpha value is -2.30. The number of hydrogen-bond acceptors (Lipinski definition) is 4. The van der Waals surface area contributed by atoms with Crippen LogP contribution in [0, 0.1) is 11.3 Å². The van der Waals surface area contributed by atoms with Crippen molar-refractivity contribution in [2.24, 2.45) is 0 Å². The number of carboxylic acids is 2. The van der Waals surface area contributed by atoms with Crippen LogP contribution >= 0.6 is 0 Å². The quantitative estimate of drug-likeness (QED) is 0.608. The highest BCUT2D eigenvalue weighted by Crippen LogP contribution is 2.03. The van der Waals surface area contributed by atoms with E-state index in [1.165, 1.54) is 11.9 Å². The monoisotopic (exact) mass is 271 g/mol. The second-order valence-corrected chi connectivity index (χ2v) is 4.09. The summed E-state index contributed by atoms with van der Waals surface area (Å²) in [5.74, 6) is -2.43. The molecule has 0 aromatic rings. The molecular weight excluding hydrogens is 254 g/mol. The Morgan fingerprint density at radius 2 is 1.95 bits per heavy atom. The number of aliphatic carboxylic acids is 2. The van der Waals surface area contributed by atoms with Crippen molar-refractivity contribution in [3.63, 3.8) is 0 Å². The van der Waals surface area contributed by atoms with Gasteiger partial charge in [0.05, 0.1) is 12.5 Å². The molecule has 0 aromatic heterocycles. The third-order valence-corrected chi connectivity index (χ3v) is 2.61. The Labute approximate surface area is 110 Å². The minimum Gasteiger partial charge on any atom is -0.481 e. The second-order valence-electron chi connectivity index (χ2n) is 4.09. The van der Waals surface area contributed by atoms with Gasteiger partial charge in [0.15, 0.2) is 0 Å². The molecule has 8 nitrogen and oxygen atoms in total. The minimum absolute atomic E-state index is 0.122. The predicted molar refractivity (Wildman–Crippen MR) is 64.3 cm³/mol. The number of hydrogen-bond donors (Lipinski definition) is 3. The fourth-order valence-electron chi connectivity index (χ4n) is 1.25. The maximum atomic E-state index is 11.7. The SMILES string of the molecule is CC(CC#N)N(C)C(=O)N[C@@H](CCC(=O)O)C(=O)O. The zero-order valence-electron chi connectivity index (χ0n) is 10.8. The van der Waals surface area contributed by atoms with Gasteiger partial charge in [0.25, 0.3) is 0 Å². The molecule has 1 unspecified atom stereocenters. The molecule has 2 atom stereocenters. The molecular formula is C11H17N3O5. The largest absolute Gasteiger partial charge is 0.481 e. The minimum atomic E-state index is -1.30. The van der Waals surface area contributed by atoms with Gasteiger partial charge >= 0.3 is 18.0 Å². The van der Waals surface area contributed by atoms with Crippen LogP contribution in [0.4, 0.5) is 4.79 Å². The number of amides is 2. The van der Waals surface area contributed by atoms with E-state index < -0.39 is 24.0 Å². The summed E-state index contributed by atoms with van der Waals surface area (Å²) in [7, 11) is 1.44. The molecule has 0 fully saturated rings. The van der Waals surface area contributed by atoms with Gasteiger partial charge in [-0.05, 0) is 13.3 Å². The summed E-state index contributed by atoms with van der Waals surface area (Å²) < 4.78 is 0. The van der Waals surface area contributed by atoms with E-state index in [-0.39, 0.29) is 25.3 Å². The lowest BCUT2D eigenvalue weighted by molar-refractivity contribution is -0.140. The van der Waals surface area contributed by atoms with Crippen LogP contribution in [0.1, 0.15) is 26.2 Å². The highest BCUT2D eigenvalue weighted by molar-refractivity contribution is 5.83. The Kier molecular flexibility index (Phi) is 6.96. The van der Waals surface area contributed by atoms with E-state index in [1.807, 2.05) is 6.07 Å². The second kappa shape index (κ2) is 7.92. The number of rotatable bonds is 7. The fourth-order valence-corrected chi connectivity index (χ4v) is 1.25. The first-order valence-corrected chi connectivity index (χ1v) is 5.64. The highest BCUT2D eigenvalue weighted by atomic mass is 16.4. The first-order chi connectivity index (χ1) is 8.79. The van der Waals surface area contributed by atoms with E-state index in [1.54, 1.807) is 6.92 Å². The molecule has 8 heteroatoms. The lowest BCUT2D eigenvalue weighted by Crippen LogP contribution is -2.49. The maximum Gasteiger partial charge on any atom is 0.326 e. The maximum absolute atomic E-state index is 11.7. The molecule has 0 aliphatic heterocycles. The van der Waals surface area contributed by atoms with E-state index in [2.05, 4.69) is 5.32 Å². The standard InChI is InChI=1S/C11H17N3O5/c1-7(5-6-12)14(2)11(19)13-8(10(17)18)3-4-9(15)16/h7-8H,3-5H2,1-2H3,(H,13,19)(H,15,16)(H,17,18)/t7?,8-/m0/s1. The zero-order valence-corrected chi connectivity index (χ0v) is 10.8. The van der Waals surface area contributed by atoms with Crippen LogP contribution in [0.15, 0.2) is 0 Å². The molecule has 0 aliphatic rings. The molecule has 0 rings (SSSR count). The van der Waals surface area contributed by atoms with Crippen LogP contribution in [0.3, 0.4) is 0 Å². The van der Waals surface area contributed by atoms with Gasteiger partial charge in [-0.2, -0.15) is 5.26 Å². The van der Waals surface area contributed by atoms with Gasteiger partial charge in [-0.15, -0.1) is 0 Å². The molecule has 2 amide bonds. The van der Waals surface area contributed by atoms with Crippen LogP contribution in [-0.2, 0) is 9.59 Å².